The van der Waals surface area contributed by atoms with Crippen LogP contribution in [0.25, 0.3) is 0 Å². The molecule has 1 amide bonds. The highest BCUT2D eigenvalue weighted by molar-refractivity contribution is 7.89. The van der Waals surface area contributed by atoms with Gasteiger partial charge < -0.3 is 0 Å². The number of nitrogens with zero attached hydrogens (tertiary/aromatic N) is 1. The van der Waals surface area contributed by atoms with Crippen molar-refractivity contribution in [3.63, 3.8) is 0 Å². The lowest BCUT2D eigenvalue weighted by molar-refractivity contribution is -0.171. The molecule has 0 N–H and O–H groups in total. The van der Waals surface area contributed by atoms with Gasteiger partial charge in [0.2, 0.25) is 0 Å². The van der Waals surface area contributed by atoms with Gasteiger partial charge in [-0.2, -0.15) is 13.2 Å². The predicted octanol–water partition coefficient (Wildman–Crippen LogP) is 0.0294. The molecule has 0 bridgehead atoms. The summed E-state index contributed by atoms with van der Waals surface area (Å²) in [5, 5.41) is 0. The summed E-state index contributed by atoms with van der Waals surface area (Å²) in [6, 6.07) is 0. The number of rotatable bonds is 2. The summed E-state index contributed by atoms with van der Waals surface area (Å²) >= 11 is 0. The van der Waals surface area contributed by atoms with Gasteiger partial charge in [-0.3, -0.25) is 4.79 Å². The molecule has 71 valence electrons. The summed E-state index contributed by atoms with van der Waals surface area (Å²) in [4.78, 5) is 9.97. The molecule has 0 aliphatic heterocycles. The number of amides is 1. The van der Waals surface area contributed by atoms with E-state index in [1.807, 2.05) is 4.72 Å². The second-order valence-corrected chi connectivity index (χ2v) is 3.69. The van der Waals surface area contributed by atoms with Gasteiger partial charge >= 0.3 is 12.1 Å². The molecule has 0 saturated heterocycles. The zero-order valence-corrected chi connectivity index (χ0v) is 6.74. The van der Waals surface area contributed by atoms with Crippen LogP contribution in [0.1, 0.15) is 6.92 Å². The van der Waals surface area contributed by atoms with E-state index in [9.17, 15) is 26.4 Å². The molecule has 0 fully saturated rings. The molecule has 8 heteroatoms. The maximum atomic E-state index is 11.4. The van der Waals surface area contributed by atoms with Crippen molar-refractivity contribution in [3.05, 3.63) is 0 Å². The number of sulfonamides is 1. The number of carbonyl (C=O) groups excluding carboxylic acids is 1. The molecule has 0 saturated carbocycles. The Balaban J connectivity index is 4.42. The highest BCUT2D eigenvalue weighted by Crippen LogP contribution is 2.15. The highest BCUT2D eigenvalue weighted by Gasteiger charge is 2.42. The molecule has 0 rings (SSSR count). The van der Waals surface area contributed by atoms with Crippen molar-refractivity contribution in [1.82, 2.24) is 4.72 Å². The van der Waals surface area contributed by atoms with Crippen molar-refractivity contribution in [2.75, 3.05) is 5.75 Å². The van der Waals surface area contributed by atoms with E-state index in [2.05, 4.69) is 0 Å². The Labute approximate surface area is 66.8 Å². The maximum Gasteiger partial charge on any atom is 0.474 e. The molecule has 1 radical (unpaired) electrons. The van der Waals surface area contributed by atoms with Gasteiger partial charge in [-0.1, -0.05) is 0 Å². The smallest absolute Gasteiger partial charge is 0.261 e. The third kappa shape index (κ3) is 3.56. The number of hydrogen-bond donors (Lipinski definition) is 0. The van der Waals surface area contributed by atoms with Crippen molar-refractivity contribution in [2.24, 2.45) is 0 Å². The zero-order chi connectivity index (χ0) is 9.99. The molecule has 0 aliphatic carbocycles. The second kappa shape index (κ2) is 3.30. The lowest BCUT2D eigenvalue weighted by atomic mass is 10.6. The van der Waals surface area contributed by atoms with E-state index in [-0.39, 0.29) is 0 Å². The van der Waals surface area contributed by atoms with E-state index in [0.717, 1.165) is 6.92 Å². The summed E-state index contributed by atoms with van der Waals surface area (Å²) in [6.45, 7) is 1.09. The first kappa shape index (κ1) is 11.2. The van der Waals surface area contributed by atoms with Gasteiger partial charge in [0.05, 0.1) is 5.75 Å². The molecule has 0 unspecified atom stereocenters. The normalized spacial score (nSPS) is 12.7. The maximum absolute atomic E-state index is 11.4. The third-order valence-electron chi connectivity index (χ3n) is 0.829. The van der Waals surface area contributed by atoms with Crippen LogP contribution >= 0.6 is 0 Å². The van der Waals surface area contributed by atoms with Gasteiger partial charge in [-0.15, -0.1) is 4.72 Å². The molecule has 0 aromatic carbocycles. The lowest BCUT2D eigenvalue weighted by Gasteiger charge is -2.03. The molecule has 0 aromatic rings. The molecule has 4 nitrogen and oxygen atoms in total. The van der Waals surface area contributed by atoms with Crippen molar-refractivity contribution in [1.29, 1.82) is 0 Å². The van der Waals surface area contributed by atoms with Gasteiger partial charge in [-0.05, 0) is 6.92 Å². The number of alkyl halides is 3. The van der Waals surface area contributed by atoms with Crippen LogP contribution in [0.2, 0.25) is 0 Å². The average molecular weight is 204 g/mol. The summed E-state index contributed by atoms with van der Waals surface area (Å²) in [7, 11) is -4.25. The number of halogens is 3. The Morgan fingerprint density at radius 1 is 1.42 bits per heavy atom. The van der Waals surface area contributed by atoms with Crippen molar-refractivity contribution < 1.29 is 26.4 Å². The first-order valence-electron chi connectivity index (χ1n) is 2.76. The van der Waals surface area contributed by atoms with Crippen molar-refractivity contribution in [3.8, 4) is 0 Å². The van der Waals surface area contributed by atoms with Crippen LogP contribution in [0.3, 0.4) is 0 Å². The number of carbonyl (C=O) groups is 1. The van der Waals surface area contributed by atoms with E-state index < -0.39 is 27.9 Å². The van der Waals surface area contributed by atoms with Gasteiger partial charge in [0.1, 0.15) is 0 Å². The van der Waals surface area contributed by atoms with E-state index >= 15 is 0 Å². The lowest BCUT2D eigenvalue weighted by Crippen LogP contribution is -2.35. The Morgan fingerprint density at radius 3 is 2.08 bits per heavy atom. The Hall–Kier alpha value is -0.790. The summed E-state index contributed by atoms with van der Waals surface area (Å²) < 4.78 is 57.0. The first-order valence-corrected chi connectivity index (χ1v) is 4.37. The fraction of sp³-hybridized carbons (Fsp3) is 0.750. The van der Waals surface area contributed by atoms with Crippen LogP contribution in [0.5, 0.6) is 0 Å². The fourth-order valence-corrected chi connectivity index (χ4v) is 0.728. The minimum Gasteiger partial charge on any atom is -0.261 e. The highest BCUT2D eigenvalue weighted by atomic mass is 32.2. The van der Waals surface area contributed by atoms with Gasteiger partial charge in [0.15, 0.2) is 0 Å². The Morgan fingerprint density at radius 2 is 1.83 bits per heavy atom. The van der Waals surface area contributed by atoms with Crippen molar-refractivity contribution >= 4 is 15.9 Å². The minimum absolute atomic E-state index is 0.630. The zero-order valence-electron chi connectivity index (χ0n) is 5.92. The molecule has 0 atom stereocenters. The SMILES string of the molecule is CCS(=O)(=O)[N]C(=O)C(F)(F)F. The summed E-state index contributed by atoms with van der Waals surface area (Å²) in [5.41, 5.74) is 0. The molecule has 0 spiro atoms. The molecule has 0 aliphatic rings. The van der Waals surface area contributed by atoms with Crippen LogP contribution < -0.4 is 4.72 Å². The molecule has 12 heavy (non-hydrogen) atoms. The monoisotopic (exact) mass is 204 g/mol. The van der Waals surface area contributed by atoms with Crippen LogP contribution in [0.15, 0.2) is 0 Å². The quantitative estimate of drug-likeness (QED) is 0.637. The van der Waals surface area contributed by atoms with E-state index in [1.165, 1.54) is 0 Å². The predicted molar refractivity (Wildman–Crippen MR) is 32.7 cm³/mol. The van der Waals surface area contributed by atoms with E-state index in [1.54, 1.807) is 0 Å². The first-order chi connectivity index (χ1) is 5.19. The van der Waals surface area contributed by atoms with Gasteiger partial charge in [0.25, 0.3) is 10.0 Å². The van der Waals surface area contributed by atoms with Crippen molar-refractivity contribution in [2.45, 2.75) is 13.1 Å². The van der Waals surface area contributed by atoms with E-state index in [0.29, 0.717) is 0 Å². The van der Waals surface area contributed by atoms with Crippen LogP contribution in [-0.2, 0) is 14.8 Å². The van der Waals surface area contributed by atoms with Gasteiger partial charge in [-0.25, -0.2) is 8.42 Å². The van der Waals surface area contributed by atoms with Crippen LogP contribution in [0, 0.1) is 0 Å². The van der Waals surface area contributed by atoms with Crippen LogP contribution in [-0.4, -0.2) is 26.3 Å². The third-order valence-corrected chi connectivity index (χ3v) is 2.00. The molecule has 0 aromatic heterocycles. The number of hydrogen-bond acceptors (Lipinski definition) is 3. The molecule has 0 heterocycles. The Bertz CT molecular complexity index is 268. The average Bonchev–Trinajstić information content (AvgIpc) is 1.85. The topological polar surface area (TPSA) is 65.3 Å². The Kier molecular flexibility index (Phi) is 3.08. The summed E-state index contributed by atoms with van der Waals surface area (Å²) in [5.74, 6) is -3.22. The largest absolute Gasteiger partial charge is 0.474 e. The summed E-state index contributed by atoms with van der Waals surface area (Å²) in [6.07, 6.45) is -5.22. The van der Waals surface area contributed by atoms with Gasteiger partial charge in [0, 0.05) is 0 Å². The van der Waals surface area contributed by atoms with Crippen LogP contribution in [0.4, 0.5) is 13.2 Å². The second-order valence-electron chi connectivity index (χ2n) is 1.76. The molecular formula is C4H5F3NO3S. The fourth-order valence-electron chi connectivity index (χ4n) is 0.243. The van der Waals surface area contributed by atoms with E-state index in [4.69, 9.17) is 0 Å². The minimum atomic E-state index is -5.22. The molecular weight excluding hydrogens is 199 g/mol. The standard InChI is InChI=1S/C4H5F3NO3S/c1-2-12(10,11)8-3(9)4(5,6)7/h2H2,1H3.